The van der Waals surface area contributed by atoms with E-state index in [4.69, 9.17) is 5.11 Å². The summed E-state index contributed by atoms with van der Waals surface area (Å²) in [7, 11) is 0. The Hall–Kier alpha value is -2.72. The van der Waals surface area contributed by atoms with Gasteiger partial charge in [0.05, 0.1) is 0 Å². The van der Waals surface area contributed by atoms with Gasteiger partial charge in [0.2, 0.25) is 11.6 Å². The first-order valence-corrected chi connectivity index (χ1v) is 5.05. The Kier molecular flexibility index (Phi) is 3.50. The zero-order chi connectivity index (χ0) is 14.8. The van der Waals surface area contributed by atoms with Gasteiger partial charge in [0.1, 0.15) is 0 Å². The second-order valence-electron chi connectivity index (χ2n) is 3.49. The molecule has 2 aromatic heterocycles. The van der Waals surface area contributed by atoms with Crippen molar-refractivity contribution in [3.63, 3.8) is 0 Å². The molecule has 1 amide bonds. The summed E-state index contributed by atoms with van der Waals surface area (Å²) < 4.78 is 40.8. The van der Waals surface area contributed by atoms with E-state index in [1.807, 2.05) is 0 Å². The van der Waals surface area contributed by atoms with Crippen molar-refractivity contribution in [3.05, 3.63) is 23.8 Å². The summed E-state index contributed by atoms with van der Waals surface area (Å²) in [5, 5.41) is 13.6. The van der Waals surface area contributed by atoms with E-state index in [0.717, 1.165) is 0 Å². The maximum atomic E-state index is 12.3. The van der Waals surface area contributed by atoms with Gasteiger partial charge in [0.15, 0.2) is 0 Å². The summed E-state index contributed by atoms with van der Waals surface area (Å²) in [4.78, 5) is 20.8. The van der Waals surface area contributed by atoms with Crippen LogP contribution in [0.2, 0.25) is 0 Å². The van der Waals surface area contributed by atoms with Gasteiger partial charge in [-0.25, -0.2) is 14.8 Å². The summed E-state index contributed by atoms with van der Waals surface area (Å²) in [5.41, 5.74) is 0.427. The summed E-state index contributed by atoms with van der Waals surface area (Å²) in [6.45, 7) is -0.0321. The highest BCUT2D eigenvalue weighted by Gasteiger charge is 2.38. The SMILES string of the molecule is O=C(O)NCc1cnc(-c2noc(C(F)(F)F)n2)nc1. The third-order valence-corrected chi connectivity index (χ3v) is 2.02. The molecular weight excluding hydrogens is 283 g/mol. The maximum absolute atomic E-state index is 12.3. The van der Waals surface area contributed by atoms with E-state index in [9.17, 15) is 18.0 Å². The van der Waals surface area contributed by atoms with Crippen molar-refractivity contribution in [1.29, 1.82) is 0 Å². The molecule has 0 aliphatic carbocycles. The molecule has 0 fully saturated rings. The smallest absolute Gasteiger partial charge is 0.465 e. The minimum Gasteiger partial charge on any atom is -0.465 e. The normalized spacial score (nSPS) is 11.3. The third-order valence-electron chi connectivity index (χ3n) is 2.02. The van der Waals surface area contributed by atoms with E-state index in [-0.39, 0.29) is 12.4 Å². The van der Waals surface area contributed by atoms with E-state index in [1.54, 1.807) is 0 Å². The average molecular weight is 289 g/mol. The summed E-state index contributed by atoms with van der Waals surface area (Å²) in [6, 6.07) is 0. The predicted molar refractivity (Wildman–Crippen MR) is 55.2 cm³/mol. The van der Waals surface area contributed by atoms with Gasteiger partial charge in [-0.1, -0.05) is 5.16 Å². The molecule has 0 bridgehead atoms. The van der Waals surface area contributed by atoms with Crippen LogP contribution in [-0.4, -0.2) is 31.3 Å². The van der Waals surface area contributed by atoms with Crippen LogP contribution in [0.25, 0.3) is 11.6 Å². The summed E-state index contributed by atoms with van der Waals surface area (Å²) >= 11 is 0. The molecular formula is C9H6F3N5O3. The Labute approximate surface area is 108 Å². The lowest BCUT2D eigenvalue weighted by Crippen LogP contribution is -2.20. The molecule has 0 aliphatic heterocycles. The molecule has 0 radical (unpaired) electrons. The molecule has 0 unspecified atom stereocenters. The Balaban J connectivity index is 2.14. The number of amides is 1. The van der Waals surface area contributed by atoms with Crippen LogP contribution in [0.4, 0.5) is 18.0 Å². The largest absolute Gasteiger partial charge is 0.471 e. The third kappa shape index (κ3) is 3.18. The fourth-order valence-corrected chi connectivity index (χ4v) is 1.17. The Morgan fingerprint density at radius 3 is 2.45 bits per heavy atom. The Bertz CT molecular complexity index is 610. The molecule has 0 aromatic carbocycles. The molecule has 8 nitrogen and oxygen atoms in total. The van der Waals surface area contributed by atoms with Crippen LogP contribution in [0.1, 0.15) is 11.5 Å². The van der Waals surface area contributed by atoms with Gasteiger partial charge < -0.3 is 14.9 Å². The summed E-state index contributed by atoms with van der Waals surface area (Å²) in [5.74, 6) is -2.06. The highest BCUT2D eigenvalue weighted by atomic mass is 19.4. The van der Waals surface area contributed by atoms with Crippen molar-refractivity contribution in [2.24, 2.45) is 0 Å². The molecule has 0 saturated heterocycles. The molecule has 20 heavy (non-hydrogen) atoms. The summed E-state index contributed by atoms with van der Waals surface area (Å²) in [6.07, 6.45) is -3.48. The number of hydrogen-bond donors (Lipinski definition) is 2. The zero-order valence-corrected chi connectivity index (χ0v) is 9.55. The highest BCUT2D eigenvalue weighted by Crippen LogP contribution is 2.28. The fourth-order valence-electron chi connectivity index (χ4n) is 1.17. The van der Waals surface area contributed by atoms with Gasteiger partial charge in [0, 0.05) is 24.5 Å². The number of rotatable bonds is 3. The van der Waals surface area contributed by atoms with Crippen LogP contribution in [0.3, 0.4) is 0 Å². The van der Waals surface area contributed by atoms with Crippen LogP contribution in [0.5, 0.6) is 0 Å². The number of alkyl halides is 3. The van der Waals surface area contributed by atoms with Crippen molar-refractivity contribution in [1.82, 2.24) is 25.4 Å². The van der Waals surface area contributed by atoms with E-state index in [0.29, 0.717) is 5.56 Å². The minimum absolute atomic E-state index is 0.0321. The zero-order valence-electron chi connectivity index (χ0n) is 9.55. The second kappa shape index (κ2) is 5.11. The molecule has 0 spiro atoms. The van der Waals surface area contributed by atoms with Crippen LogP contribution < -0.4 is 5.32 Å². The van der Waals surface area contributed by atoms with Gasteiger partial charge in [-0.3, -0.25) is 0 Å². The second-order valence-corrected chi connectivity index (χ2v) is 3.49. The first-order valence-electron chi connectivity index (χ1n) is 5.05. The predicted octanol–water partition coefficient (Wildman–Crippen LogP) is 1.31. The van der Waals surface area contributed by atoms with Gasteiger partial charge in [-0.05, 0) is 0 Å². The molecule has 0 atom stereocenters. The van der Waals surface area contributed by atoms with Crippen LogP contribution in [-0.2, 0) is 12.7 Å². The molecule has 2 aromatic rings. The van der Waals surface area contributed by atoms with E-state index in [1.165, 1.54) is 12.4 Å². The lowest BCUT2D eigenvalue weighted by molar-refractivity contribution is -0.159. The standard InChI is InChI=1S/C9H6F3N5O3/c10-9(11,12)7-16-6(17-20-7)5-13-1-4(2-14-5)3-15-8(18)19/h1-2,15H,3H2,(H,18,19). The number of carbonyl (C=O) groups is 1. The van der Waals surface area contributed by atoms with E-state index < -0.39 is 24.0 Å². The molecule has 2 rings (SSSR count). The van der Waals surface area contributed by atoms with Gasteiger partial charge in [0.25, 0.3) is 0 Å². The maximum Gasteiger partial charge on any atom is 0.471 e. The van der Waals surface area contributed by atoms with Crippen LogP contribution in [0, 0.1) is 0 Å². The van der Waals surface area contributed by atoms with Crippen molar-refractivity contribution in [2.45, 2.75) is 12.7 Å². The Morgan fingerprint density at radius 2 is 1.95 bits per heavy atom. The number of halogens is 3. The number of nitrogens with zero attached hydrogens (tertiary/aromatic N) is 4. The molecule has 2 heterocycles. The molecule has 11 heteroatoms. The van der Waals surface area contributed by atoms with Crippen molar-refractivity contribution in [3.8, 4) is 11.6 Å². The van der Waals surface area contributed by atoms with Crippen LogP contribution in [0.15, 0.2) is 16.9 Å². The number of hydrogen-bond acceptors (Lipinski definition) is 6. The van der Waals surface area contributed by atoms with Gasteiger partial charge >= 0.3 is 18.2 Å². The van der Waals surface area contributed by atoms with Crippen LogP contribution >= 0.6 is 0 Å². The fraction of sp³-hybridized carbons (Fsp3) is 0.222. The lowest BCUT2D eigenvalue weighted by atomic mass is 10.3. The highest BCUT2D eigenvalue weighted by molar-refractivity contribution is 5.64. The van der Waals surface area contributed by atoms with E-state index >= 15 is 0 Å². The van der Waals surface area contributed by atoms with E-state index in [2.05, 4.69) is 29.9 Å². The van der Waals surface area contributed by atoms with Gasteiger partial charge in [-0.15, -0.1) is 0 Å². The molecule has 0 aliphatic rings. The minimum atomic E-state index is -4.74. The first-order chi connectivity index (χ1) is 9.36. The quantitative estimate of drug-likeness (QED) is 0.875. The molecule has 0 saturated carbocycles. The number of nitrogens with one attached hydrogen (secondary N) is 1. The van der Waals surface area contributed by atoms with Gasteiger partial charge in [-0.2, -0.15) is 18.2 Å². The number of aromatic nitrogens is 4. The average Bonchev–Trinajstić information content (AvgIpc) is 2.86. The first kappa shape index (κ1) is 13.7. The monoisotopic (exact) mass is 289 g/mol. The van der Waals surface area contributed by atoms with Crippen molar-refractivity contribution in [2.75, 3.05) is 0 Å². The number of carboxylic acid groups (broad SMARTS) is 1. The molecule has 2 N–H and O–H groups in total. The topological polar surface area (TPSA) is 114 Å². The van der Waals surface area contributed by atoms with Crippen molar-refractivity contribution >= 4 is 6.09 Å². The lowest BCUT2D eigenvalue weighted by Gasteiger charge is -2.00. The Morgan fingerprint density at radius 1 is 1.30 bits per heavy atom. The van der Waals surface area contributed by atoms with Crippen molar-refractivity contribution < 1.29 is 27.6 Å². The molecule has 106 valence electrons.